The molecule has 108 valence electrons. The molecule has 5 nitrogen and oxygen atoms in total. The number of carbonyl (C=O) groups is 1. The number of hydrogen-bond acceptors (Lipinski definition) is 3. The summed E-state index contributed by atoms with van der Waals surface area (Å²) in [5.74, 6) is 1.38. The van der Waals surface area contributed by atoms with Crippen LogP contribution >= 0.6 is 0 Å². The van der Waals surface area contributed by atoms with Crippen LogP contribution in [0.1, 0.15) is 19.4 Å². The van der Waals surface area contributed by atoms with Gasteiger partial charge in [-0.05, 0) is 32.4 Å². The number of aryl methyl sites for hydroxylation is 1. The van der Waals surface area contributed by atoms with Crippen LogP contribution in [0.2, 0.25) is 0 Å². The van der Waals surface area contributed by atoms with E-state index in [1.807, 2.05) is 26.8 Å². The van der Waals surface area contributed by atoms with E-state index < -0.39 is 0 Å². The highest BCUT2D eigenvalue weighted by molar-refractivity contribution is 5.90. The van der Waals surface area contributed by atoms with E-state index in [4.69, 9.17) is 9.47 Å². The molecular weight excluding hydrogens is 256 g/mol. The Hall–Kier alpha value is -2.17. The highest BCUT2D eigenvalue weighted by atomic mass is 16.7. The molecule has 1 aliphatic rings. The molecule has 1 heterocycles. The number of nitrogens with one attached hydrogen (secondary N) is 1. The van der Waals surface area contributed by atoms with Crippen molar-refractivity contribution in [2.45, 2.75) is 20.8 Å². The second kappa shape index (κ2) is 5.86. The van der Waals surface area contributed by atoms with Gasteiger partial charge < -0.3 is 19.7 Å². The molecule has 0 aliphatic carbocycles. The summed E-state index contributed by atoms with van der Waals surface area (Å²) in [7, 11) is 0. The van der Waals surface area contributed by atoms with Gasteiger partial charge in [0.1, 0.15) is 0 Å². The number of benzene rings is 1. The van der Waals surface area contributed by atoms with Gasteiger partial charge in [-0.15, -0.1) is 0 Å². The molecule has 5 heteroatoms. The van der Waals surface area contributed by atoms with Gasteiger partial charge >= 0.3 is 6.03 Å². The number of ether oxygens (including phenoxy) is 2. The molecule has 0 atom stereocenters. The first kappa shape index (κ1) is 14.2. The fourth-order valence-electron chi connectivity index (χ4n) is 2.03. The molecule has 0 aromatic heterocycles. The van der Waals surface area contributed by atoms with Crippen LogP contribution in [0.25, 0.3) is 0 Å². The third-order valence-corrected chi connectivity index (χ3v) is 3.09. The lowest BCUT2D eigenvalue weighted by Crippen LogP contribution is -2.36. The molecule has 2 rings (SSSR count). The number of anilines is 1. The predicted molar refractivity (Wildman–Crippen MR) is 78.4 cm³/mol. The molecule has 1 aromatic rings. The minimum Gasteiger partial charge on any atom is -0.454 e. The molecule has 20 heavy (non-hydrogen) atoms. The summed E-state index contributed by atoms with van der Waals surface area (Å²) in [6.45, 7) is 11.0. The second-order valence-corrected chi connectivity index (χ2v) is 4.92. The fourth-order valence-corrected chi connectivity index (χ4v) is 2.03. The predicted octanol–water partition coefficient (Wildman–Crippen LogP) is 3.15. The number of urea groups is 1. The van der Waals surface area contributed by atoms with E-state index in [2.05, 4.69) is 11.9 Å². The van der Waals surface area contributed by atoms with Crippen LogP contribution in [0, 0.1) is 6.92 Å². The number of carbonyl (C=O) groups excluding carboxylic acids is 1. The third-order valence-electron chi connectivity index (χ3n) is 3.09. The van der Waals surface area contributed by atoms with Crippen molar-refractivity contribution in [1.82, 2.24) is 4.90 Å². The normalized spacial score (nSPS) is 12.2. The highest BCUT2D eigenvalue weighted by Crippen LogP contribution is 2.36. The molecule has 0 fully saturated rings. The summed E-state index contributed by atoms with van der Waals surface area (Å²) in [5, 5.41) is 2.91. The lowest BCUT2D eigenvalue weighted by molar-refractivity contribution is 0.174. The maximum atomic E-state index is 12.2. The second-order valence-electron chi connectivity index (χ2n) is 4.92. The van der Waals surface area contributed by atoms with Crippen LogP contribution in [0.3, 0.4) is 0 Å². The topological polar surface area (TPSA) is 50.8 Å². The molecule has 0 saturated carbocycles. The van der Waals surface area contributed by atoms with Crippen LogP contribution in [0.4, 0.5) is 10.5 Å². The van der Waals surface area contributed by atoms with Gasteiger partial charge in [0.05, 0.1) is 0 Å². The maximum absolute atomic E-state index is 12.2. The number of hydrogen-bond donors (Lipinski definition) is 1. The van der Waals surface area contributed by atoms with Crippen molar-refractivity contribution in [1.29, 1.82) is 0 Å². The van der Waals surface area contributed by atoms with Gasteiger partial charge in [0.15, 0.2) is 11.5 Å². The van der Waals surface area contributed by atoms with Crippen LogP contribution in [0.5, 0.6) is 11.5 Å². The SMILES string of the molecule is C=C(C)CN(CC)C(=O)Nc1cc2c(cc1C)OCO2. The first-order valence-corrected chi connectivity index (χ1v) is 6.61. The number of fused-ring (bicyclic) bond motifs is 1. The Morgan fingerprint density at radius 3 is 2.65 bits per heavy atom. The van der Waals surface area contributed by atoms with Crippen molar-refractivity contribution in [3.63, 3.8) is 0 Å². The Balaban J connectivity index is 2.13. The summed E-state index contributed by atoms with van der Waals surface area (Å²) < 4.78 is 10.6. The van der Waals surface area contributed by atoms with Crippen LogP contribution < -0.4 is 14.8 Å². The molecule has 0 unspecified atom stereocenters. The number of likely N-dealkylation sites (N-methyl/N-ethyl adjacent to an activating group) is 1. The van der Waals surface area contributed by atoms with Crippen LogP contribution in [-0.2, 0) is 0 Å². The van der Waals surface area contributed by atoms with Gasteiger partial charge in [0.25, 0.3) is 0 Å². The highest BCUT2D eigenvalue weighted by Gasteiger charge is 2.18. The van der Waals surface area contributed by atoms with E-state index in [0.29, 0.717) is 18.8 Å². The number of amides is 2. The van der Waals surface area contributed by atoms with Gasteiger partial charge in [-0.2, -0.15) is 0 Å². The Morgan fingerprint density at radius 2 is 2.05 bits per heavy atom. The average Bonchev–Trinajstić information content (AvgIpc) is 2.82. The lowest BCUT2D eigenvalue weighted by atomic mass is 10.2. The van der Waals surface area contributed by atoms with Crippen LogP contribution in [-0.4, -0.2) is 30.8 Å². The molecule has 0 spiro atoms. The smallest absolute Gasteiger partial charge is 0.322 e. The third kappa shape index (κ3) is 3.04. The van der Waals surface area contributed by atoms with Gasteiger partial charge in [0.2, 0.25) is 6.79 Å². The minimum absolute atomic E-state index is 0.141. The Bertz CT molecular complexity index is 540. The largest absolute Gasteiger partial charge is 0.454 e. The first-order chi connectivity index (χ1) is 9.51. The van der Waals surface area contributed by atoms with Crippen LogP contribution in [0.15, 0.2) is 24.3 Å². The fraction of sp³-hybridized carbons (Fsp3) is 0.400. The van der Waals surface area contributed by atoms with Gasteiger partial charge in [-0.25, -0.2) is 4.79 Å². The molecular formula is C15H20N2O3. The summed E-state index contributed by atoms with van der Waals surface area (Å²) >= 11 is 0. The Morgan fingerprint density at radius 1 is 1.40 bits per heavy atom. The number of nitrogens with zero attached hydrogens (tertiary/aromatic N) is 1. The summed E-state index contributed by atoms with van der Waals surface area (Å²) in [6, 6.07) is 3.52. The van der Waals surface area contributed by atoms with Gasteiger partial charge in [-0.1, -0.05) is 12.2 Å². The zero-order chi connectivity index (χ0) is 14.7. The molecule has 1 N–H and O–H groups in total. The number of rotatable bonds is 4. The van der Waals surface area contributed by atoms with Crippen molar-refractivity contribution in [3.05, 3.63) is 29.8 Å². The van der Waals surface area contributed by atoms with Crippen molar-refractivity contribution in [2.24, 2.45) is 0 Å². The van der Waals surface area contributed by atoms with Gasteiger partial charge in [0, 0.05) is 24.8 Å². The minimum atomic E-state index is -0.141. The summed E-state index contributed by atoms with van der Waals surface area (Å²) in [6.07, 6.45) is 0. The summed E-state index contributed by atoms with van der Waals surface area (Å²) in [4.78, 5) is 13.9. The van der Waals surface area contributed by atoms with E-state index in [1.54, 1.807) is 11.0 Å². The molecule has 1 aromatic carbocycles. The Kier molecular flexibility index (Phi) is 4.17. The van der Waals surface area contributed by atoms with Crippen molar-refractivity contribution >= 4 is 11.7 Å². The lowest BCUT2D eigenvalue weighted by Gasteiger charge is -2.22. The van der Waals surface area contributed by atoms with E-state index in [9.17, 15) is 4.79 Å². The maximum Gasteiger partial charge on any atom is 0.322 e. The first-order valence-electron chi connectivity index (χ1n) is 6.61. The summed E-state index contributed by atoms with van der Waals surface area (Å²) in [5.41, 5.74) is 2.62. The molecule has 2 amide bonds. The van der Waals surface area contributed by atoms with Crippen molar-refractivity contribution in [2.75, 3.05) is 25.2 Å². The van der Waals surface area contributed by atoms with E-state index in [1.165, 1.54) is 0 Å². The zero-order valence-corrected chi connectivity index (χ0v) is 12.2. The zero-order valence-electron chi connectivity index (χ0n) is 12.2. The average molecular weight is 276 g/mol. The Labute approximate surface area is 119 Å². The monoisotopic (exact) mass is 276 g/mol. The molecule has 0 bridgehead atoms. The molecule has 1 aliphatic heterocycles. The molecule has 0 radical (unpaired) electrons. The van der Waals surface area contributed by atoms with E-state index >= 15 is 0 Å². The van der Waals surface area contributed by atoms with Crippen molar-refractivity contribution in [3.8, 4) is 11.5 Å². The van der Waals surface area contributed by atoms with E-state index in [-0.39, 0.29) is 12.8 Å². The molecule has 0 saturated heterocycles. The standard InChI is InChI=1S/C15H20N2O3/c1-5-17(8-10(2)3)15(18)16-12-7-14-13(6-11(12)4)19-9-20-14/h6-7H,2,5,8-9H2,1,3-4H3,(H,16,18). The van der Waals surface area contributed by atoms with Crippen molar-refractivity contribution < 1.29 is 14.3 Å². The van der Waals surface area contributed by atoms with Gasteiger partial charge in [-0.3, -0.25) is 0 Å². The van der Waals surface area contributed by atoms with E-state index in [0.717, 1.165) is 22.6 Å². The quantitative estimate of drug-likeness (QED) is 0.859.